The van der Waals surface area contributed by atoms with E-state index in [1.165, 1.54) is 6.42 Å². The first-order valence-electron chi connectivity index (χ1n) is 7.06. The van der Waals surface area contributed by atoms with Crippen LogP contribution in [0.5, 0.6) is 0 Å². The van der Waals surface area contributed by atoms with Crippen molar-refractivity contribution in [1.29, 1.82) is 0 Å². The Bertz CT molecular complexity index is 290. The highest BCUT2D eigenvalue weighted by molar-refractivity contribution is 5.82. The first kappa shape index (κ1) is 15.4. The van der Waals surface area contributed by atoms with Gasteiger partial charge in [0, 0.05) is 13.1 Å². The second kappa shape index (κ2) is 6.02. The summed E-state index contributed by atoms with van der Waals surface area (Å²) in [6.45, 7) is 6.68. The van der Waals surface area contributed by atoms with Crippen LogP contribution < -0.4 is 11.1 Å². The Morgan fingerprint density at radius 1 is 1.61 bits per heavy atom. The lowest BCUT2D eigenvalue weighted by Gasteiger charge is -2.36. The van der Waals surface area contributed by atoms with Gasteiger partial charge in [-0.15, -0.1) is 0 Å². The Morgan fingerprint density at radius 3 is 2.78 bits per heavy atom. The molecule has 4 nitrogen and oxygen atoms in total. The summed E-state index contributed by atoms with van der Waals surface area (Å²) in [4.78, 5) is 12.1. The number of nitrogens with two attached hydrogens (primary N) is 1. The number of hydrogen-bond acceptors (Lipinski definition) is 3. The van der Waals surface area contributed by atoms with Crippen molar-refractivity contribution in [3.63, 3.8) is 0 Å². The zero-order valence-corrected chi connectivity index (χ0v) is 12.0. The average molecular weight is 256 g/mol. The summed E-state index contributed by atoms with van der Waals surface area (Å²) >= 11 is 0. The molecular weight excluding hydrogens is 228 g/mol. The van der Waals surface area contributed by atoms with Crippen molar-refractivity contribution >= 4 is 5.91 Å². The normalized spacial score (nSPS) is 31.7. The number of carbonyl (C=O) groups excluding carboxylic acids is 1. The molecule has 0 spiro atoms. The van der Waals surface area contributed by atoms with E-state index in [1.807, 2.05) is 13.8 Å². The van der Waals surface area contributed by atoms with Gasteiger partial charge in [0.15, 0.2) is 0 Å². The topological polar surface area (TPSA) is 75.4 Å². The second-order valence-corrected chi connectivity index (χ2v) is 6.23. The molecule has 0 aliphatic heterocycles. The van der Waals surface area contributed by atoms with Gasteiger partial charge >= 0.3 is 0 Å². The van der Waals surface area contributed by atoms with Crippen molar-refractivity contribution in [2.45, 2.75) is 58.5 Å². The van der Waals surface area contributed by atoms with Gasteiger partial charge in [-0.05, 0) is 32.1 Å². The summed E-state index contributed by atoms with van der Waals surface area (Å²) in [5, 5.41) is 13.3. The van der Waals surface area contributed by atoms with Gasteiger partial charge in [-0.25, -0.2) is 0 Å². The molecule has 0 saturated heterocycles. The Labute approximate surface area is 110 Å². The maximum Gasteiger partial charge on any atom is 0.227 e. The molecule has 1 rings (SSSR count). The lowest BCUT2D eigenvalue weighted by molar-refractivity contribution is -0.131. The fourth-order valence-corrected chi connectivity index (χ4v) is 2.65. The first-order chi connectivity index (χ1) is 8.35. The lowest BCUT2D eigenvalue weighted by atomic mass is 9.78. The second-order valence-electron chi connectivity index (χ2n) is 6.23. The summed E-state index contributed by atoms with van der Waals surface area (Å²) in [7, 11) is 0. The van der Waals surface area contributed by atoms with E-state index in [2.05, 4.69) is 12.2 Å². The van der Waals surface area contributed by atoms with E-state index in [0.717, 1.165) is 19.3 Å². The molecule has 4 N–H and O–H groups in total. The molecule has 18 heavy (non-hydrogen) atoms. The minimum absolute atomic E-state index is 0.0425. The van der Waals surface area contributed by atoms with Crippen LogP contribution in [0, 0.1) is 11.3 Å². The van der Waals surface area contributed by atoms with Gasteiger partial charge in [-0.3, -0.25) is 4.79 Å². The van der Waals surface area contributed by atoms with Crippen molar-refractivity contribution in [1.82, 2.24) is 5.32 Å². The van der Waals surface area contributed by atoms with Crippen LogP contribution in [0.25, 0.3) is 0 Å². The zero-order chi connectivity index (χ0) is 13.8. The van der Waals surface area contributed by atoms with Gasteiger partial charge < -0.3 is 16.2 Å². The zero-order valence-electron chi connectivity index (χ0n) is 12.0. The number of carbonyl (C=O) groups is 1. The van der Waals surface area contributed by atoms with E-state index in [9.17, 15) is 9.90 Å². The summed E-state index contributed by atoms with van der Waals surface area (Å²) in [6, 6.07) is 0. The van der Waals surface area contributed by atoms with E-state index in [1.54, 1.807) is 0 Å². The van der Waals surface area contributed by atoms with Gasteiger partial charge in [-0.1, -0.05) is 26.7 Å². The molecule has 1 amide bonds. The van der Waals surface area contributed by atoms with Gasteiger partial charge in [0.2, 0.25) is 5.91 Å². The molecule has 3 atom stereocenters. The number of rotatable bonds is 5. The highest BCUT2D eigenvalue weighted by atomic mass is 16.3. The van der Waals surface area contributed by atoms with Gasteiger partial charge in [0.05, 0.1) is 11.0 Å². The van der Waals surface area contributed by atoms with Crippen LogP contribution in [0.4, 0.5) is 0 Å². The fraction of sp³-hybridized carbons (Fsp3) is 0.929. The fourth-order valence-electron chi connectivity index (χ4n) is 2.65. The molecule has 106 valence electrons. The highest BCUT2D eigenvalue weighted by Gasteiger charge is 2.35. The smallest absolute Gasteiger partial charge is 0.227 e. The number of amides is 1. The van der Waals surface area contributed by atoms with E-state index in [0.29, 0.717) is 25.4 Å². The third-order valence-corrected chi connectivity index (χ3v) is 4.42. The van der Waals surface area contributed by atoms with Crippen molar-refractivity contribution in [3.8, 4) is 0 Å². The number of nitrogens with one attached hydrogen (secondary N) is 1. The molecule has 1 aliphatic rings. The number of aliphatic hydroxyl groups is 1. The molecule has 0 aromatic heterocycles. The van der Waals surface area contributed by atoms with Crippen LogP contribution in [-0.4, -0.2) is 29.7 Å². The minimum atomic E-state index is -0.726. The molecule has 4 heteroatoms. The summed E-state index contributed by atoms with van der Waals surface area (Å²) in [6.07, 6.45) is 4.48. The van der Waals surface area contributed by atoms with Crippen LogP contribution in [0.15, 0.2) is 0 Å². The molecule has 0 radical (unpaired) electrons. The molecule has 0 bridgehead atoms. The summed E-state index contributed by atoms with van der Waals surface area (Å²) in [5.74, 6) is 0.492. The molecular formula is C14H28N2O2. The SMILES string of the molecule is CCC(C)(CN)C(=O)NCC1(O)CCCC(C)C1. The van der Waals surface area contributed by atoms with Crippen LogP contribution in [-0.2, 0) is 4.79 Å². The maximum absolute atomic E-state index is 12.1. The van der Waals surface area contributed by atoms with Crippen molar-refractivity contribution in [2.75, 3.05) is 13.1 Å². The standard InChI is InChI=1S/C14H28N2O2/c1-4-13(3,9-15)12(17)16-10-14(18)7-5-6-11(2)8-14/h11,18H,4-10,15H2,1-3H3,(H,16,17). The lowest BCUT2D eigenvalue weighted by Crippen LogP contribution is -2.50. The van der Waals surface area contributed by atoms with Gasteiger partial charge in [0.1, 0.15) is 0 Å². The quantitative estimate of drug-likeness (QED) is 0.696. The third kappa shape index (κ3) is 3.69. The molecule has 1 aliphatic carbocycles. The van der Waals surface area contributed by atoms with E-state index in [-0.39, 0.29) is 5.91 Å². The first-order valence-corrected chi connectivity index (χ1v) is 7.06. The Hall–Kier alpha value is -0.610. The minimum Gasteiger partial charge on any atom is -0.388 e. The molecule has 0 aromatic carbocycles. The van der Waals surface area contributed by atoms with Crippen LogP contribution in [0.1, 0.15) is 52.9 Å². The van der Waals surface area contributed by atoms with Crippen LogP contribution >= 0.6 is 0 Å². The van der Waals surface area contributed by atoms with E-state index in [4.69, 9.17) is 5.73 Å². The molecule has 0 aromatic rings. The van der Waals surface area contributed by atoms with E-state index >= 15 is 0 Å². The van der Waals surface area contributed by atoms with Gasteiger partial charge in [0.25, 0.3) is 0 Å². The van der Waals surface area contributed by atoms with Gasteiger partial charge in [-0.2, -0.15) is 0 Å². The molecule has 0 heterocycles. The van der Waals surface area contributed by atoms with E-state index < -0.39 is 11.0 Å². The number of hydrogen-bond donors (Lipinski definition) is 3. The van der Waals surface area contributed by atoms with Crippen molar-refractivity contribution in [3.05, 3.63) is 0 Å². The third-order valence-electron chi connectivity index (χ3n) is 4.42. The Balaban J connectivity index is 2.51. The van der Waals surface area contributed by atoms with Crippen molar-refractivity contribution < 1.29 is 9.90 Å². The molecule has 3 unspecified atom stereocenters. The predicted octanol–water partition coefficient (Wildman–Crippen LogP) is 1.42. The molecule has 1 saturated carbocycles. The highest BCUT2D eigenvalue weighted by Crippen LogP contribution is 2.32. The average Bonchev–Trinajstić information content (AvgIpc) is 2.34. The monoisotopic (exact) mass is 256 g/mol. The van der Waals surface area contributed by atoms with Crippen LogP contribution in [0.3, 0.4) is 0 Å². The Kier molecular flexibility index (Phi) is 5.17. The largest absolute Gasteiger partial charge is 0.388 e. The maximum atomic E-state index is 12.1. The Morgan fingerprint density at radius 2 is 2.28 bits per heavy atom. The molecule has 1 fully saturated rings. The predicted molar refractivity (Wildman–Crippen MR) is 73.0 cm³/mol. The van der Waals surface area contributed by atoms with Crippen LogP contribution in [0.2, 0.25) is 0 Å². The summed E-state index contributed by atoms with van der Waals surface area (Å²) < 4.78 is 0. The van der Waals surface area contributed by atoms with Crippen molar-refractivity contribution in [2.24, 2.45) is 17.1 Å². The summed E-state index contributed by atoms with van der Waals surface area (Å²) in [5.41, 5.74) is 4.42.